The van der Waals surface area contributed by atoms with Gasteiger partial charge in [-0.3, -0.25) is 0 Å². The van der Waals surface area contributed by atoms with E-state index in [1.165, 1.54) is 0 Å². The van der Waals surface area contributed by atoms with Gasteiger partial charge >= 0.3 is 0 Å². The summed E-state index contributed by atoms with van der Waals surface area (Å²) in [6.45, 7) is 3.23. The Balaban J connectivity index is 1.92. The number of hydrogen-bond donors (Lipinski definition) is 1. The SMILES string of the molecule is NCC1CCOC2(COC2)C1. The highest BCUT2D eigenvalue weighted by molar-refractivity contribution is 4.92. The number of nitrogens with two attached hydrogens (primary N) is 1. The van der Waals surface area contributed by atoms with E-state index >= 15 is 0 Å². The summed E-state index contributed by atoms with van der Waals surface area (Å²) in [4.78, 5) is 0. The third kappa shape index (κ3) is 1.28. The average Bonchev–Trinajstić information content (AvgIpc) is 2.02. The first-order valence-corrected chi connectivity index (χ1v) is 4.26. The van der Waals surface area contributed by atoms with E-state index in [2.05, 4.69) is 0 Å². The normalized spacial score (nSPS) is 35.2. The molecular formula is C8H15NO2. The lowest BCUT2D eigenvalue weighted by Crippen LogP contribution is -2.56. The van der Waals surface area contributed by atoms with Crippen LogP contribution in [0.2, 0.25) is 0 Å². The van der Waals surface area contributed by atoms with E-state index in [0.717, 1.165) is 39.2 Å². The van der Waals surface area contributed by atoms with E-state index in [1.807, 2.05) is 0 Å². The smallest absolute Gasteiger partial charge is 0.115 e. The van der Waals surface area contributed by atoms with Crippen molar-refractivity contribution in [3.63, 3.8) is 0 Å². The molecule has 0 saturated carbocycles. The van der Waals surface area contributed by atoms with Crippen LogP contribution in [-0.4, -0.2) is 32.0 Å². The van der Waals surface area contributed by atoms with E-state index in [1.54, 1.807) is 0 Å². The monoisotopic (exact) mass is 157 g/mol. The molecule has 0 aromatic carbocycles. The quantitative estimate of drug-likeness (QED) is 0.589. The number of rotatable bonds is 1. The Morgan fingerprint density at radius 2 is 2.27 bits per heavy atom. The van der Waals surface area contributed by atoms with Gasteiger partial charge in [0.25, 0.3) is 0 Å². The van der Waals surface area contributed by atoms with Gasteiger partial charge in [0, 0.05) is 6.61 Å². The van der Waals surface area contributed by atoms with Crippen molar-refractivity contribution in [2.75, 3.05) is 26.4 Å². The lowest BCUT2D eigenvalue weighted by molar-refractivity contribution is -0.234. The zero-order chi connectivity index (χ0) is 7.73. The molecule has 0 amide bonds. The van der Waals surface area contributed by atoms with Gasteiger partial charge in [0.1, 0.15) is 5.60 Å². The van der Waals surface area contributed by atoms with E-state index in [0.29, 0.717) is 5.92 Å². The molecule has 2 fully saturated rings. The Hall–Kier alpha value is -0.120. The van der Waals surface area contributed by atoms with Crippen molar-refractivity contribution in [1.82, 2.24) is 0 Å². The maximum atomic E-state index is 5.65. The Morgan fingerprint density at radius 1 is 1.45 bits per heavy atom. The largest absolute Gasteiger partial charge is 0.375 e. The van der Waals surface area contributed by atoms with E-state index < -0.39 is 0 Å². The first-order valence-electron chi connectivity index (χ1n) is 4.26. The summed E-state index contributed by atoms with van der Waals surface area (Å²) in [7, 11) is 0. The summed E-state index contributed by atoms with van der Waals surface area (Å²) in [6.07, 6.45) is 2.22. The van der Waals surface area contributed by atoms with Crippen molar-refractivity contribution in [3.8, 4) is 0 Å². The van der Waals surface area contributed by atoms with Crippen LogP contribution in [0.25, 0.3) is 0 Å². The summed E-state index contributed by atoms with van der Waals surface area (Å²) < 4.78 is 10.8. The van der Waals surface area contributed by atoms with Crippen molar-refractivity contribution in [3.05, 3.63) is 0 Å². The molecule has 2 heterocycles. The Kier molecular flexibility index (Phi) is 1.87. The standard InChI is InChI=1S/C8H15NO2/c9-4-7-1-2-11-8(3-7)5-10-6-8/h7H,1-6,9H2. The zero-order valence-corrected chi connectivity index (χ0v) is 6.71. The van der Waals surface area contributed by atoms with Crippen LogP contribution in [0.1, 0.15) is 12.8 Å². The molecule has 0 aliphatic carbocycles. The van der Waals surface area contributed by atoms with Crippen LogP contribution in [0.4, 0.5) is 0 Å². The van der Waals surface area contributed by atoms with Crippen molar-refractivity contribution in [2.45, 2.75) is 18.4 Å². The second kappa shape index (κ2) is 2.73. The molecule has 64 valence electrons. The third-order valence-electron chi connectivity index (χ3n) is 2.66. The molecule has 1 unspecified atom stereocenters. The fourth-order valence-electron chi connectivity index (χ4n) is 1.86. The van der Waals surface area contributed by atoms with Gasteiger partial charge in [0.2, 0.25) is 0 Å². The van der Waals surface area contributed by atoms with Crippen LogP contribution in [-0.2, 0) is 9.47 Å². The van der Waals surface area contributed by atoms with Crippen LogP contribution < -0.4 is 5.73 Å². The molecule has 2 aliphatic heterocycles. The van der Waals surface area contributed by atoms with Crippen molar-refractivity contribution in [2.24, 2.45) is 11.7 Å². The second-order valence-corrected chi connectivity index (χ2v) is 3.62. The molecular weight excluding hydrogens is 142 g/mol. The van der Waals surface area contributed by atoms with Crippen molar-refractivity contribution in [1.29, 1.82) is 0 Å². The summed E-state index contributed by atoms with van der Waals surface area (Å²) in [5.41, 5.74) is 5.68. The molecule has 1 atom stereocenters. The first-order chi connectivity index (χ1) is 5.35. The van der Waals surface area contributed by atoms with E-state index in [4.69, 9.17) is 15.2 Å². The van der Waals surface area contributed by atoms with E-state index in [9.17, 15) is 0 Å². The molecule has 3 nitrogen and oxygen atoms in total. The third-order valence-corrected chi connectivity index (χ3v) is 2.66. The summed E-state index contributed by atoms with van der Waals surface area (Å²) in [5.74, 6) is 0.660. The van der Waals surface area contributed by atoms with Gasteiger partial charge in [0.15, 0.2) is 0 Å². The fourth-order valence-corrected chi connectivity index (χ4v) is 1.86. The molecule has 2 N–H and O–H groups in total. The number of ether oxygens (including phenoxy) is 2. The highest BCUT2D eigenvalue weighted by Gasteiger charge is 2.43. The molecule has 2 rings (SSSR count). The van der Waals surface area contributed by atoms with Gasteiger partial charge in [-0.05, 0) is 25.3 Å². The summed E-state index contributed by atoms with van der Waals surface area (Å²) in [5, 5.41) is 0. The van der Waals surface area contributed by atoms with Crippen LogP contribution in [0.5, 0.6) is 0 Å². The molecule has 0 bridgehead atoms. The lowest BCUT2D eigenvalue weighted by atomic mass is 9.84. The average molecular weight is 157 g/mol. The predicted molar refractivity (Wildman–Crippen MR) is 41.3 cm³/mol. The van der Waals surface area contributed by atoms with Gasteiger partial charge in [-0.15, -0.1) is 0 Å². The molecule has 0 radical (unpaired) electrons. The lowest BCUT2D eigenvalue weighted by Gasteiger charge is -2.46. The van der Waals surface area contributed by atoms with Gasteiger partial charge in [-0.25, -0.2) is 0 Å². The van der Waals surface area contributed by atoms with E-state index in [-0.39, 0.29) is 5.60 Å². The second-order valence-electron chi connectivity index (χ2n) is 3.62. The van der Waals surface area contributed by atoms with Crippen molar-refractivity contribution >= 4 is 0 Å². The van der Waals surface area contributed by atoms with Crippen LogP contribution in [0, 0.1) is 5.92 Å². The van der Waals surface area contributed by atoms with Crippen LogP contribution >= 0.6 is 0 Å². The molecule has 1 spiro atoms. The van der Waals surface area contributed by atoms with Gasteiger partial charge in [0.05, 0.1) is 13.2 Å². The number of hydrogen-bond acceptors (Lipinski definition) is 3. The van der Waals surface area contributed by atoms with Gasteiger partial charge in [-0.2, -0.15) is 0 Å². The summed E-state index contributed by atoms with van der Waals surface area (Å²) in [6, 6.07) is 0. The minimum absolute atomic E-state index is 0.0717. The highest BCUT2D eigenvalue weighted by atomic mass is 16.6. The summed E-state index contributed by atoms with van der Waals surface area (Å²) >= 11 is 0. The van der Waals surface area contributed by atoms with Crippen LogP contribution in [0.3, 0.4) is 0 Å². The minimum Gasteiger partial charge on any atom is -0.375 e. The molecule has 2 aliphatic rings. The Morgan fingerprint density at radius 3 is 2.82 bits per heavy atom. The molecule has 2 saturated heterocycles. The minimum atomic E-state index is 0.0717. The molecule has 0 aromatic rings. The Labute approximate surface area is 66.8 Å². The fraction of sp³-hybridized carbons (Fsp3) is 1.00. The zero-order valence-electron chi connectivity index (χ0n) is 6.71. The highest BCUT2D eigenvalue weighted by Crippen LogP contribution is 2.34. The predicted octanol–water partition coefficient (Wildman–Crippen LogP) is 0.141. The van der Waals surface area contributed by atoms with Crippen LogP contribution in [0.15, 0.2) is 0 Å². The maximum Gasteiger partial charge on any atom is 0.115 e. The molecule has 3 heteroatoms. The van der Waals surface area contributed by atoms with Gasteiger partial charge < -0.3 is 15.2 Å². The van der Waals surface area contributed by atoms with Crippen molar-refractivity contribution < 1.29 is 9.47 Å². The topological polar surface area (TPSA) is 44.5 Å². The molecule has 11 heavy (non-hydrogen) atoms. The maximum absolute atomic E-state index is 5.65. The molecule has 0 aromatic heterocycles. The first kappa shape index (κ1) is 7.53. The Bertz CT molecular complexity index is 145. The van der Waals surface area contributed by atoms with Gasteiger partial charge in [-0.1, -0.05) is 0 Å².